The quantitative estimate of drug-likeness (QED) is 0.562. The number of imide groups is 1. The third-order valence-electron chi connectivity index (χ3n) is 7.08. The molecule has 2 aliphatic heterocycles. The molecule has 6 heteroatoms. The molecule has 3 aliphatic rings. The summed E-state index contributed by atoms with van der Waals surface area (Å²) < 4.78 is 0. The Bertz CT molecular complexity index is 829. The van der Waals surface area contributed by atoms with Crippen molar-refractivity contribution in [3.63, 3.8) is 0 Å². The number of allylic oxidation sites excluding steroid dienone is 2. The number of nitrogens with zero attached hydrogens (tertiary/aromatic N) is 2. The molecule has 166 valence electrons. The molecule has 0 unspecified atom stereocenters. The van der Waals surface area contributed by atoms with E-state index >= 15 is 0 Å². The van der Waals surface area contributed by atoms with E-state index in [2.05, 4.69) is 41.4 Å². The summed E-state index contributed by atoms with van der Waals surface area (Å²) in [5, 5.41) is 3.00. The summed E-state index contributed by atoms with van der Waals surface area (Å²) in [6.45, 7) is 6.62. The lowest BCUT2D eigenvalue weighted by Crippen LogP contribution is -2.36. The maximum absolute atomic E-state index is 12.5. The summed E-state index contributed by atoms with van der Waals surface area (Å²) in [5.74, 6) is -0.0548. The monoisotopic (exact) mass is 423 g/mol. The van der Waals surface area contributed by atoms with Crippen molar-refractivity contribution >= 4 is 23.4 Å². The van der Waals surface area contributed by atoms with Crippen molar-refractivity contribution in [2.24, 2.45) is 17.8 Å². The molecule has 2 fully saturated rings. The van der Waals surface area contributed by atoms with Gasteiger partial charge in [0.2, 0.25) is 17.7 Å². The number of fused-ring (bicyclic) bond motifs is 1. The number of likely N-dealkylation sites (tertiary alicyclic amines) is 1. The molecule has 1 N–H and O–H groups in total. The lowest BCUT2D eigenvalue weighted by Gasteiger charge is -2.32. The molecular formula is C25H33N3O3. The molecule has 1 aliphatic carbocycles. The number of amides is 3. The molecule has 31 heavy (non-hydrogen) atoms. The van der Waals surface area contributed by atoms with Crippen molar-refractivity contribution in [1.29, 1.82) is 0 Å². The van der Waals surface area contributed by atoms with Gasteiger partial charge in [0.05, 0.1) is 17.9 Å². The SMILES string of the molecule is CC1CCN(c2ccc([C@H](C)NC(=O)CCN3C(=O)[C@H]4CC=CC[C@H]4C3=O)cc2)CC1. The van der Waals surface area contributed by atoms with Crippen LogP contribution in [0.1, 0.15) is 57.6 Å². The van der Waals surface area contributed by atoms with Gasteiger partial charge in [-0.3, -0.25) is 19.3 Å². The van der Waals surface area contributed by atoms with E-state index < -0.39 is 0 Å². The van der Waals surface area contributed by atoms with Crippen molar-refractivity contribution in [2.75, 3.05) is 24.5 Å². The average Bonchev–Trinajstić information content (AvgIpc) is 3.03. The predicted molar refractivity (Wildman–Crippen MR) is 120 cm³/mol. The second-order valence-electron chi connectivity index (χ2n) is 9.28. The summed E-state index contributed by atoms with van der Waals surface area (Å²) >= 11 is 0. The molecule has 6 nitrogen and oxygen atoms in total. The zero-order valence-electron chi connectivity index (χ0n) is 18.5. The van der Waals surface area contributed by atoms with Crippen LogP contribution in [0.3, 0.4) is 0 Å². The van der Waals surface area contributed by atoms with Crippen LogP contribution in [0.4, 0.5) is 5.69 Å². The number of anilines is 1. The normalized spacial score (nSPS) is 25.0. The Morgan fingerprint density at radius 3 is 2.19 bits per heavy atom. The molecule has 2 heterocycles. The van der Waals surface area contributed by atoms with E-state index in [-0.39, 0.29) is 48.6 Å². The van der Waals surface area contributed by atoms with Crippen LogP contribution in [0.5, 0.6) is 0 Å². The molecule has 0 aromatic heterocycles. The van der Waals surface area contributed by atoms with Gasteiger partial charge in [0.15, 0.2) is 0 Å². The first kappa shape index (κ1) is 21.6. The van der Waals surface area contributed by atoms with Crippen LogP contribution in [-0.2, 0) is 14.4 Å². The zero-order valence-corrected chi connectivity index (χ0v) is 18.5. The standard InChI is InChI=1S/C25H33N3O3/c1-17-11-14-27(15-12-17)20-9-7-19(8-10-20)18(2)26-23(29)13-16-28-24(30)21-5-3-4-6-22(21)25(28)31/h3-4,7-10,17-18,21-22H,5-6,11-16H2,1-2H3,(H,26,29)/t18-,21-,22+/m0/s1. The highest BCUT2D eigenvalue weighted by Crippen LogP contribution is 2.35. The third kappa shape index (κ3) is 4.68. The number of nitrogens with one attached hydrogen (secondary N) is 1. The van der Waals surface area contributed by atoms with Crippen LogP contribution >= 0.6 is 0 Å². The van der Waals surface area contributed by atoms with Crippen LogP contribution in [0.2, 0.25) is 0 Å². The minimum absolute atomic E-state index is 0.122. The van der Waals surface area contributed by atoms with E-state index in [1.807, 2.05) is 19.1 Å². The summed E-state index contributed by atoms with van der Waals surface area (Å²) in [4.78, 5) is 41.2. The zero-order chi connectivity index (χ0) is 22.0. The molecule has 0 spiro atoms. The second-order valence-corrected chi connectivity index (χ2v) is 9.28. The Balaban J connectivity index is 1.27. The summed E-state index contributed by atoms with van der Waals surface area (Å²) in [6.07, 6.45) is 7.80. The molecule has 3 amide bonds. The summed E-state index contributed by atoms with van der Waals surface area (Å²) in [5.41, 5.74) is 2.28. The lowest BCUT2D eigenvalue weighted by atomic mass is 9.85. The van der Waals surface area contributed by atoms with Gasteiger partial charge in [-0.25, -0.2) is 0 Å². The number of carbonyl (C=O) groups is 3. The van der Waals surface area contributed by atoms with E-state index in [9.17, 15) is 14.4 Å². The highest BCUT2D eigenvalue weighted by Gasteiger charge is 2.46. The molecule has 4 rings (SSSR count). The van der Waals surface area contributed by atoms with E-state index in [0.717, 1.165) is 24.6 Å². The smallest absolute Gasteiger partial charge is 0.233 e. The topological polar surface area (TPSA) is 69.7 Å². The fraction of sp³-hybridized carbons (Fsp3) is 0.560. The largest absolute Gasteiger partial charge is 0.372 e. The number of hydrogen-bond acceptors (Lipinski definition) is 4. The number of carbonyl (C=O) groups excluding carboxylic acids is 3. The minimum Gasteiger partial charge on any atom is -0.372 e. The van der Waals surface area contributed by atoms with Crippen LogP contribution in [0.25, 0.3) is 0 Å². The van der Waals surface area contributed by atoms with Gasteiger partial charge in [-0.15, -0.1) is 0 Å². The van der Waals surface area contributed by atoms with Crippen LogP contribution in [-0.4, -0.2) is 42.3 Å². The van der Waals surface area contributed by atoms with E-state index in [0.29, 0.717) is 12.8 Å². The van der Waals surface area contributed by atoms with Crippen LogP contribution in [0.15, 0.2) is 36.4 Å². The highest BCUT2D eigenvalue weighted by atomic mass is 16.2. The lowest BCUT2D eigenvalue weighted by molar-refractivity contribution is -0.140. The minimum atomic E-state index is -0.235. The van der Waals surface area contributed by atoms with Gasteiger partial charge in [-0.1, -0.05) is 31.2 Å². The summed E-state index contributed by atoms with van der Waals surface area (Å²) in [7, 11) is 0. The van der Waals surface area contributed by atoms with E-state index in [1.165, 1.54) is 23.4 Å². The maximum Gasteiger partial charge on any atom is 0.233 e. The van der Waals surface area contributed by atoms with Crippen molar-refractivity contribution in [3.05, 3.63) is 42.0 Å². The van der Waals surface area contributed by atoms with E-state index in [4.69, 9.17) is 0 Å². The van der Waals surface area contributed by atoms with Crippen molar-refractivity contribution in [2.45, 2.75) is 52.0 Å². The van der Waals surface area contributed by atoms with Crippen molar-refractivity contribution < 1.29 is 14.4 Å². The van der Waals surface area contributed by atoms with Gasteiger partial charge in [0.25, 0.3) is 0 Å². The van der Waals surface area contributed by atoms with Gasteiger partial charge in [-0.05, 0) is 56.2 Å². The number of rotatable bonds is 6. The number of piperidine rings is 1. The number of hydrogen-bond donors (Lipinski definition) is 1. The van der Waals surface area contributed by atoms with Gasteiger partial charge < -0.3 is 10.2 Å². The van der Waals surface area contributed by atoms with Gasteiger partial charge in [0, 0.05) is 31.7 Å². The third-order valence-corrected chi connectivity index (χ3v) is 7.08. The van der Waals surface area contributed by atoms with Gasteiger partial charge in [-0.2, -0.15) is 0 Å². The highest BCUT2D eigenvalue weighted by molar-refractivity contribution is 6.05. The fourth-order valence-electron chi connectivity index (χ4n) is 4.94. The maximum atomic E-state index is 12.5. The fourth-order valence-corrected chi connectivity index (χ4v) is 4.94. The number of benzene rings is 1. The second kappa shape index (κ2) is 9.25. The first-order chi connectivity index (χ1) is 14.9. The van der Waals surface area contributed by atoms with Gasteiger partial charge in [0.1, 0.15) is 0 Å². The summed E-state index contributed by atoms with van der Waals surface area (Å²) in [6, 6.07) is 8.28. The van der Waals surface area contributed by atoms with Crippen LogP contribution < -0.4 is 10.2 Å². The molecule has 0 saturated carbocycles. The Hall–Kier alpha value is -2.63. The van der Waals surface area contributed by atoms with Gasteiger partial charge >= 0.3 is 0 Å². The van der Waals surface area contributed by atoms with Crippen molar-refractivity contribution in [3.8, 4) is 0 Å². The Morgan fingerprint density at radius 2 is 1.61 bits per heavy atom. The first-order valence-corrected chi connectivity index (χ1v) is 11.6. The van der Waals surface area contributed by atoms with E-state index in [1.54, 1.807) is 0 Å². The predicted octanol–water partition coefficient (Wildman–Crippen LogP) is 3.44. The molecule has 3 atom stereocenters. The first-order valence-electron chi connectivity index (χ1n) is 11.6. The molecule has 1 aromatic rings. The molecule has 2 saturated heterocycles. The molecular weight excluding hydrogens is 390 g/mol. The average molecular weight is 424 g/mol. The molecule has 1 aromatic carbocycles. The van der Waals surface area contributed by atoms with Crippen LogP contribution in [0, 0.1) is 17.8 Å². The van der Waals surface area contributed by atoms with Crippen molar-refractivity contribution in [1.82, 2.24) is 10.2 Å². The Kier molecular flexibility index (Phi) is 6.44. The Labute approximate surface area is 184 Å². The molecule has 0 bridgehead atoms. The Morgan fingerprint density at radius 1 is 1.03 bits per heavy atom. The molecule has 0 radical (unpaired) electrons.